The number of nitrogens with zero attached hydrogens (tertiary/aromatic N) is 2. The van der Waals surface area contributed by atoms with E-state index in [1.165, 1.54) is 0 Å². The smallest absolute Gasteiger partial charge is 0.279 e. The van der Waals surface area contributed by atoms with Crippen LogP contribution in [0.1, 0.15) is 31.0 Å². The van der Waals surface area contributed by atoms with Crippen LogP contribution in [0.5, 0.6) is 0 Å². The van der Waals surface area contributed by atoms with E-state index in [4.69, 9.17) is 10.7 Å². The standard InChI is InChI=1S/C12H15ClN2O2S/c1-3-4-7-10-12(18(13,16)17)15-8-5-6-9(2)11(15)14-10/h5-6,8H,3-4,7H2,1-2H3. The molecule has 6 heteroatoms. The van der Waals surface area contributed by atoms with E-state index in [0.717, 1.165) is 18.4 Å². The molecule has 0 unspecified atom stereocenters. The molecule has 98 valence electrons. The van der Waals surface area contributed by atoms with E-state index in [9.17, 15) is 8.42 Å². The van der Waals surface area contributed by atoms with Gasteiger partial charge in [-0.25, -0.2) is 13.4 Å². The second-order valence-corrected chi connectivity index (χ2v) is 6.77. The Morgan fingerprint density at radius 3 is 2.78 bits per heavy atom. The number of halogens is 1. The molecule has 0 fully saturated rings. The molecule has 0 spiro atoms. The highest BCUT2D eigenvalue weighted by Crippen LogP contribution is 2.24. The van der Waals surface area contributed by atoms with E-state index in [1.807, 2.05) is 13.0 Å². The third-order valence-corrected chi connectivity index (χ3v) is 4.20. The molecular formula is C12H15ClN2O2S. The van der Waals surface area contributed by atoms with Crippen molar-refractivity contribution < 1.29 is 8.42 Å². The molecule has 0 aliphatic carbocycles. The summed E-state index contributed by atoms with van der Waals surface area (Å²) in [6.07, 6.45) is 4.18. The van der Waals surface area contributed by atoms with Gasteiger partial charge >= 0.3 is 0 Å². The number of unbranched alkanes of at least 4 members (excludes halogenated alkanes) is 1. The number of hydrogen-bond donors (Lipinski definition) is 0. The minimum atomic E-state index is -3.79. The summed E-state index contributed by atoms with van der Waals surface area (Å²) in [5.74, 6) is 0. The largest absolute Gasteiger partial charge is 0.289 e. The first-order valence-electron chi connectivity index (χ1n) is 5.86. The molecule has 0 aliphatic heterocycles. The third kappa shape index (κ3) is 2.37. The van der Waals surface area contributed by atoms with Crippen LogP contribution in [0.2, 0.25) is 0 Å². The van der Waals surface area contributed by atoms with Crippen molar-refractivity contribution in [2.45, 2.75) is 38.1 Å². The number of pyridine rings is 1. The zero-order chi connectivity index (χ0) is 13.3. The fraction of sp³-hybridized carbons (Fsp3) is 0.417. The summed E-state index contributed by atoms with van der Waals surface area (Å²) in [6, 6.07) is 3.69. The predicted octanol–water partition coefficient (Wildman–Crippen LogP) is 2.91. The number of fused-ring (bicyclic) bond motifs is 1. The molecule has 2 aromatic rings. The van der Waals surface area contributed by atoms with E-state index in [2.05, 4.69) is 11.9 Å². The Balaban J connectivity index is 2.73. The second kappa shape index (κ2) is 4.90. The Kier molecular flexibility index (Phi) is 3.64. The van der Waals surface area contributed by atoms with Gasteiger partial charge in [-0.15, -0.1) is 0 Å². The lowest BCUT2D eigenvalue weighted by molar-refractivity contribution is 0.602. The highest BCUT2D eigenvalue weighted by Gasteiger charge is 2.23. The van der Waals surface area contributed by atoms with E-state index < -0.39 is 9.05 Å². The van der Waals surface area contributed by atoms with Crippen LogP contribution >= 0.6 is 10.7 Å². The van der Waals surface area contributed by atoms with Crippen molar-refractivity contribution in [3.8, 4) is 0 Å². The Bertz CT molecular complexity index is 677. The van der Waals surface area contributed by atoms with Crippen molar-refractivity contribution in [1.82, 2.24) is 9.38 Å². The first-order chi connectivity index (χ1) is 8.45. The molecule has 0 radical (unpaired) electrons. The molecule has 0 aromatic carbocycles. The van der Waals surface area contributed by atoms with Gasteiger partial charge in [-0.1, -0.05) is 19.4 Å². The molecule has 0 saturated heterocycles. The van der Waals surface area contributed by atoms with Crippen LogP contribution in [0.15, 0.2) is 23.4 Å². The molecule has 0 bridgehead atoms. The molecule has 0 N–H and O–H groups in total. The average molecular weight is 287 g/mol. The first kappa shape index (κ1) is 13.4. The van der Waals surface area contributed by atoms with Gasteiger partial charge in [-0.3, -0.25) is 4.40 Å². The van der Waals surface area contributed by atoms with Crippen LogP contribution in [0, 0.1) is 6.92 Å². The maximum Gasteiger partial charge on any atom is 0.279 e. The Morgan fingerprint density at radius 2 is 2.17 bits per heavy atom. The number of aromatic nitrogens is 2. The minimum Gasteiger partial charge on any atom is -0.289 e. The number of rotatable bonds is 4. The van der Waals surface area contributed by atoms with E-state index >= 15 is 0 Å². The predicted molar refractivity (Wildman–Crippen MR) is 71.6 cm³/mol. The highest BCUT2D eigenvalue weighted by molar-refractivity contribution is 8.13. The molecular weight excluding hydrogens is 272 g/mol. The second-order valence-electron chi connectivity index (χ2n) is 4.29. The van der Waals surface area contributed by atoms with Gasteiger partial charge in [0.15, 0.2) is 5.03 Å². The lowest BCUT2D eigenvalue weighted by Gasteiger charge is -2.01. The van der Waals surface area contributed by atoms with Crippen molar-refractivity contribution in [2.75, 3.05) is 0 Å². The summed E-state index contributed by atoms with van der Waals surface area (Å²) in [5, 5.41) is 0.108. The molecule has 0 amide bonds. The molecule has 0 atom stereocenters. The topological polar surface area (TPSA) is 51.4 Å². The lowest BCUT2D eigenvalue weighted by Crippen LogP contribution is -2.01. The molecule has 18 heavy (non-hydrogen) atoms. The summed E-state index contributed by atoms with van der Waals surface area (Å²) < 4.78 is 25.0. The number of aryl methyl sites for hydroxylation is 2. The number of imidazole rings is 1. The Morgan fingerprint density at radius 1 is 1.44 bits per heavy atom. The highest BCUT2D eigenvalue weighted by atomic mass is 35.7. The minimum absolute atomic E-state index is 0.108. The summed E-state index contributed by atoms with van der Waals surface area (Å²) in [7, 11) is 1.74. The van der Waals surface area contributed by atoms with Crippen LogP contribution in [0.25, 0.3) is 5.65 Å². The van der Waals surface area contributed by atoms with Gasteiger partial charge in [0.05, 0.1) is 5.69 Å². The zero-order valence-electron chi connectivity index (χ0n) is 10.4. The SMILES string of the molecule is CCCCc1nc2c(C)cccn2c1S(=O)(=O)Cl. The van der Waals surface area contributed by atoms with E-state index in [-0.39, 0.29) is 5.03 Å². The van der Waals surface area contributed by atoms with Gasteiger partial charge in [-0.05, 0) is 31.4 Å². The van der Waals surface area contributed by atoms with Gasteiger partial charge in [0.2, 0.25) is 0 Å². The summed E-state index contributed by atoms with van der Waals surface area (Å²) >= 11 is 0. The summed E-state index contributed by atoms with van der Waals surface area (Å²) in [6.45, 7) is 3.95. The summed E-state index contributed by atoms with van der Waals surface area (Å²) in [5.41, 5.74) is 2.14. The van der Waals surface area contributed by atoms with Gasteiger partial charge in [0.25, 0.3) is 9.05 Å². The van der Waals surface area contributed by atoms with Gasteiger partial charge in [-0.2, -0.15) is 0 Å². The average Bonchev–Trinajstić information content (AvgIpc) is 2.66. The fourth-order valence-corrected chi connectivity index (χ4v) is 3.30. The van der Waals surface area contributed by atoms with Crippen molar-refractivity contribution in [3.05, 3.63) is 29.6 Å². The molecule has 2 heterocycles. The van der Waals surface area contributed by atoms with Gasteiger partial charge in [0, 0.05) is 16.9 Å². The molecule has 2 aromatic heterocycles. The Labute approximate surface area is 111 Å². The van der Waals surface area contributed by atoms with E-state index in [0.29, 0.717) is 17.8 Å². The number of hydrogen-bond acceptors (Lipinski definition) is 3. The van der Waals surface area contributed by atoms with Gasteiger partial charge in [0.1, 0.15) is 5.65 Å². The van der Waals surface area contributed by atoms with Crippen LogP contribution in [0.3, 0.4) is 0 Å². The fourth-order valence-electron chi connectivity index (χ4n) is 1.99. The normalized spacial score (nSPS) is 12.2. The van der Waals surface area contributed by atoms with E-state index in [1.54, 1.807) is 16.7 Å². The van der Waals surface area contributed by atoms with Crippen LogP contribution < -0.4 is 0 Å². The maximum absolute atomic E-state index is 11.7. The van der Waals surface area contributed by atoms with Crippen molar-refractivity contribution in [1.29, 1.82) is 0 Å². The molecule has 0 aliphatic rings. The monoisotopic (exact) mass is 286 g/mol. The third-order valence-electron chi connectivity index (χ3n) is 2.87. The van der Waals surface area contributed by atoms with Crippen LogP contribution in [-0.2, 0) is 15.5 Å². The van der Waals surface area contributed by atoms with Crippen molar-refractivity contribution in [3.63, 3.8) is 0 Å². The van der Waals surface area contributed by atoms with Crippen molar-refractivity contribution >= 4 is 25.4 Å². The molecule has 4 nitrogen and oxygen atoms in total. The quantitative estimate of drug-likeness (QED) is 0.812. The molecule has 2 rings (SSSR count). The van der Waals surface area contributed by atoms with Crippen LogP contribution in [0.4, 0.5) is 0 Å². The van der Waals surface area contributed by atoms with Crippen molar-refractivity contribution in [2.24, 2.45) is 0 Å². The van der Waals surface area contributed by atoms with Gasteiger partial charge < -0.3 is 0 Å². The lowest BCUT2D eigenvalue weighted by atomic mass is 10.2. The summed E-state index contributed by atoms with van der Waals surface area (Å²) in [4.78, 5) is 4.42. The maximum atomic E-state index is 11.7. The van der Waals surface area contributed by atoms with Crippen LogP contribution in [-0.4, -0.2) is 17.8 Å². The Hall–Kier alpha value is -1.07. The molecule has 0 saturated carbocycles. The zero-order valence-corrected chi connectivity index (χ0v) is 11.9. The first-order valence-corrected chi connectivity index (χ1v) is 8.17.